The molecular formula is C12H19N3O2. The third-order valence-corrected chi connectivity index (χ3v) is 3.61. The van der Waals surface area contributed by atoms with Crippen LogP contribution < -0.4 is 0 Å². The summed E-state index contributed by atoms with van der Waals surface area (Å²) in [5.74, 6) is -0.129. The topological polar surface area (TPSA) is 58.4 Å². The maximum absolute atomic E-state index is 11.1. The highest BCUT2D eigenvalue weighted by atomic mass is 16.4. The van der Waals surface area contributed by atoms with Gasteiger partial charge in [-0.3, -0.25) is 9.58 Å². The van der Waals surface area contributed by atoms with E-state index >= 15 is 0 Å². The number of likely N-dealkylation sites (tertiary alicyclic amines) is 1. The Morgan fingerprint density at radius 2 is 2.41 bits per heavy atom. The first kappa shape index (κ1) is 12.1. The number of aryl methyl sites for hydroxylation is 1. The fourth-order valence-electron chi connectivity index (χ4n) is 2.43. The van der Waals surface area contributed by atoms with Crippen molar-refractivity contribution in [2.24, 2.45) is 13.0 Å². The molecule has 0 aliphatic carbocycles. The molecule has 1 atom stereocenters. The molecule has 1 aliphatic heterocycles. The van der Waals surface area contributed by atoms with E-state index in [1.54, 1.807) is 11.7 Å². The molecule has 1 saturated heterocycles. The summed E-state index contributed by atoms with van der Waals surface area (Å²) >= 11 is 0. The number of rotatable bonds is 4. The maximum Gasteiger partial charge on any atom is 0.339 e. The first-order valence-corrected chi connectivity index (χ1v) is 6.08. The van der Waals surface area contributed by atoms with Crippen molar-refractivity contribution < 1.29 is 9.90 Å². The second kappa shape index (κ2) is 4.87. The Hall–Kier alpha value is -1.36. The minimum Gasteiger partial charge on any atom is -0.478 e. The van der Waals surface area contributed by atoms with E-state index in [-0.39, 0.29) is 0 Å². The van der Waals surface area contributed by atoms with Crippen LogP contribution in [0.2, 0.25) is 0 Å². The molecule has 5 nitrogen and oxygen atoms in total. The highest BCUT2D eigenvalue weighted by molar-refractivity contribution is 5.88. The minimum atomic E-state index is -0.890. The number of hydrogen-bond acceptors (Lipinski definition) is 3. The number of aromatic carboxylic acids is 1. The van der Waals surface area contributed by atoms with Gasteiger partial charge < -0.3 is 5.11 Å². The summed E-state index contributed by atoms with van der Waals surface area (Å²) in [6, 6.07) is 0. The lowest BCUT2D eigenvalue weighted by Gasteiger charge is -2.16. The monoisotopic (exact) mass is 237 g/mol. The quantitative estimate of drug-likeness (QED) is 0.858. The van der Waals surface area contributed by atoms with Crippen LogP contribution in [0.4, 0.5) is 0 Å². The summed E-state index contributed by atoms with van der Waals surface area (Å²) in [6.07, 6.45) is 3.86. The normalized spacial score (nSPS) is 20.9. The van der Waals surface area contributed by atoms with Gasteiger partial charge in [-0.05, 0) is 18.9 Å². The van der Waals surface area contributed by atoms with Gasteiger partial charge >= 0.3 is 5.97 Å². The minimum absolute atomic E-state index is 0.326. The SMILES string of the molecule is CCC1CCN(Cc2c(C(=O)O)cnn2C)C1. The Labute approximate surface area is 101 Å². The lowest BCUT2D eigenvalue weighted by molar-refractivity contribution is 0.0694. The lowest BCUT2D eigenvalue weighted by Crippen LogP contribution is -2.23. The lowest BCUT2D eigenvalue weighted by atomic mass is 10.1. The molecule has 1 N–H and O–H groups in total. The van der Waals surface area contributed by atoms with Crippen molar-refractivity contribution in [2.45, 2.75) is 26.3 Å². The van der Waals surface area contributed by atoms with E-state index < -0.39 is 5.97 Å². The number of nitrogens with zero attached hydrogens (tertiary/aromatic N) is 3. The van der Waals surface area contributed by atoms with Gasteiger partial charge in [0.25, 0.3) is 0 Å². The molecule has 2 heterocycles. The molecule has 0 radical (unpaired) electrons. The second-order valence-corrected chi connectivity index (χ2v) is 4.73. The van der Waals surface area contributed by atoms with Crippen LogP contribution in [0.1, 0.15) is 35.8 Å². The van der Waals surface area contributed by atoms with Gasteiger partial charge in [-0.2, -0.15) is 5.10 Å². The molecule has 94 valence electrons. The zero-order valence-electron chi connectivity index (χ0n) is 10.4. The first-order chi connectivity index (χ1) is 8.11. The van der Waals surface area contributed by atoms with Gasteiger partial charge in [0.15, 0.2) is 0 Å². The third kappa shape index (κ3) is 2.49. The second-order valence-electron chi connectivity index (χ2n) is 4.73. The van der Waals surface area contributed by atoms with Gasteiger partial charge in [-0.15, -0.1) is 0 Å². The summed E-state index contributed by atoms with van der Waals surface area (Å²) < 4.78 is 1.67. The molecule has 1 unspecified atom stereocenters. The van der Waals surface area contributed by atoms with Crippen molar-refractivity contribution in [2.75, 3.05) is 13.1 Å². The molecule has 1 aromatic heterocycles. The Kier molecular flexibility index (Phi) is 3.47. The maximum atomic E-state index is 11.1. The Morgan fingerprint density at radius 1 is 1.65 bits per heavy atom. The molecule has 1 aromatic rings. The molecular weight excluding hydrogens is 218 g/mol. The number of hydrogen-bond donors (Lipinski definition) is 1. The van der Waals surface area contributed by atoms with Crippen LogP contribution in [0, 0.1) is 5.92 Å². The summed E-state index contributed by atoms with van der Waals surface area (Å²) in [5, 5.41) is 13.1. The fourth-order valence-corrected chi connectivity index (χ4v) is 2.43. The van der Waals surface area contributed by atoms with Gasteiger partial charge in [0.1, 0.15) is 5.56 Å². The van der Waals surface area contributed by atoms with Crippen LogP contribution in [0.5, 0.6) is 0 Å². The van der Waals surface area contributed by atoms with Gasteiger partial charge in [0, 0.05) is 20.1 Å². The van der Waals surface area contributed by atoms with Crippen LogP contribution in [0.15, 0.2) is 6.20 Å². The van der Waals surface area contributed by atoms with E-state index in [2.05, 4.69) is 16.9 Å². The fraction of sp³-hybridized carbons (Fsp3) is 0.667. The van der Waals surface area contributed by atoms with Crippen LogP contribution >= 0.6 is 0 Å². The van der Waals surface area contributed by atoms with Crippen LogP contribution in [-0.4, -0.2) is 38.8 Å². The Bertz CT molecular complexity index is 414. The first-order valence-electron chi connectivity index (χ1n) is 6.08. The summed E-state index contributed by atoms with van der Waals surface area (Å²) in [4.78, 5) is 13.4. The molecule has 0 spiro atoms. The van der Waals surface area contributed by atoms with Crippen molar-refractivity contribution in [1.82, 2.24) is 14.7 Å². The zero-order chi connectivity index (χ0) is 12.4. The van der Waals surface area contributed by atoms with E-state index in [9.17, 15) is 4.79 Å². The zero-order valence-corrected chi connectivity index (χ0v) is 10.4. The van der Waals surface area contributed by atoms with Crippen LogP contribution in [-0.2, 0) is 13.6 Å². The summed E-state index contributed by atoms with van der Waals surface area (Å²) in [5.41, 5.74) is 1.13. The van der Waals surface area contributed by atoms with Gasteiger partial charge in [-0.1, -0.05) is 13.3 Å². The van der Waals surface area contributed by atoms with E-state index in [1.807, 2.05) is 0 Å². The van der Waals surface area contributed by atoms with Crippen molar-refractivity contribution in [3.8, 4) is 0 Å². The molecule has 0 bridgehead atoms. The molecule has 0 aromatic carbocycles. The third-order valence-electron chi connectivity index (χ3n) is 3.61. The van der Waals surface area contributed by atoms with Crippen LogP contribution in [0.25, 0.3) is 0 Å². The predicted molar refractivity (Wildman–Crippen MR) is 63.8 cm³/mol. The molecule has 0 saturated carbocycles. The largest absolute Gasteiger partial charge is 0.478 e. The van der Waals surface area contributed by atoms with Gasteiger partial charge in [-0.25, -0.2) is 4.79 Å². The van der Waals surface area contributed by atoms with Crippen LogP contribution in [0.3, 0.4) is 0 Å². The molecule has 2 rings (SSSR count). The number of carbonyl (C=O) groups is 1. The summed E-state index contributed by atoms with van der Waals surface area (Å²) in [7, 11) is 1.80. The highest BCUT2D eigenvalue weighted by Crippen LogP contribution is 2.21. The van der Waals surface area contributed by atoms with Crippen molar-refractivity contribution in [3.05, 3.63) is 17.5 Å². The smallest absolute Gasteiger partial charge is 0.339 e. The molecule has 0 amide bonds. The van der Waals surface area contributed by atoms with E-state index in [0.717, 1.165) is 24.7 Å². The number of aromatic nitrogens is 2. The van der Waals surface area contributed by atoms with E-state index in [1.165, 1.54) is 19.0 Å². The van der Waals surface area contributed by atoms with Gasteiger partial charge in [0.2, 0.25) is 0 Å². The predicted octanol–water partition coefficient (Wildman–Crippen LogP) is 1.35. The standard InChI is InChI=1S/C12H19N3O2/c1-3-9-4-5-15(7-9)8-11-10(12(16)17)6-13-14(11)2/h6,9H,3-5,7-8H2,1-2H3,(H,16,17). The van der Waals surface area contributed by atoms with Crippen molar-refractivity contribution in [3.63, 3.8) is 0 Å². The van der Waals surface area contributed by atoms with E-state index in [0.29, 0.717) is 12.1 Å². The number of carboxylic acid groups (broad SMARTS) is 1. The number of carboxylic acids is 1. The van der Waals surface area contributed by atoms with Crippen molar-refractivity contribution in [1.29, 1.82) is 0 Å². The average Bonchev–Trinajstić information content (AvgIpc) is 2.87. The molecule has 17 heavy (non-hydrogen) atoms. The highest BCUT2D eigenvalue weighted by Gasteiger charge is 2.24. The van der Waals surface area contributed by atoms with Gasteiger partial charge in [0.05, 0.1) is 11.9 Å². The summed E-state index contributed by atoms with van der Waals surface area (Å²) in [6.45, 7) is 5.03. The molecule has 5 heteroatoms. The average molecular weight is 237 g/mol. The Balaban J connectivity index is 2.08. The van der Waals surface area contributed by atoms with E-state index in [4.69, 9.17) is 5.11 Å². The van der Waals surface area contributed by atoms with Crippen molar-refractivity contribution >= 4 is 5.97 Å². The molecule has 1 fully saturated rings. The Morgan fingerprint density at radius 3 is 3.00 bits per heavy atom. The molecule has 1 aliphatic rings.